The Balaban J connectivity index is 1.05. The lowest BCUT2D eigenvalue weighted by Crippen LogP contribution is -2.56. The van der Waals surface area contributed by atoms with Crippen molar-refractivity contribution in [2.75, 3.05) is 19.7 Å². The van der Waals surface area contributed by atoms with E-state index in [0.29, 0.717) is 60.1 Å². The molecule has 0 aromatic carbocycles. The maximum atomic E-state index is 12.7. The summed E-state index contributed by atoms with van der Waals surface area (Å²) in [6, 6.07) is 0. The summed E-state index contributed by atoms with van der Waals surface area (Å²) in [6.07, 6.45) is 11.5. The first-order valence-corrected chi connectivity index (χ1v) is 19.2. The number of fused-ring (bicyclic) bond motifs is 4. The Bertz CT molecular complexity index is 1230. The van der Waals surface area contributed by atoms with E-state index < -0.39 is 11.7 Å². The lowest BCUT2D eigenvalue weighted by Gasteiger charge is -2.60. The Morgan fingerprint density at radius 2 is 1.74 bits per heavy atom. The van der Waals surface area contributed by atoms with E-state index in [-0.39, 0.29) is 47.8 Å². The summed E-state index contributed by atoms with van der Waals surface area (Å²) in [5.41, 5.74) is 0.113. The number of amides is 1. The van der Waals surface area contributed by atoms with Crippen LogP contribution in [0.4, 0.5) is 0 Å². The third-order valence-electron chi connectivity index (χ3n) is 15.7. The average molecular weight is 658 g/mol. The molecule has 8 heteroatoms. The number of carbonyl (C=O) groups is 2. The number of carbonyl (C=O) groups excluding carboxylic acids is 2. The van der Waals surface area contributed by atoms with Gasteiger partial charge in [-0.1, -0.05) is 41.5 Å². The molecule has 266 valence electrons. The molecule has 7 aliphatic rings. The van der Waals surface area contributed by atoms with Crippen molar-refractivity contribution in [3.63, 3.8) is 0 Å². The van der Waals surface area contributed by atoms with Gasteiger partial charge < -0.3 is 29.0 Å². The molecule has 0 aromatic rings. The van der Waals surface area contributed by atoms with Crippen LogP contribution in [0.5, 0.6) is 0 Å². The van der Waals surface area contributed by atoms with Gasteiger partial charge in [0.15, 0.2) is 12.4 Å². The van der Waals surface area contributed by atoms with Crippen molar-refractivity contribution in [3.05, 3.63) is 0 Å². The van der Waals surface area contributed by atoms with Crippen molar-refractivity contribution in [2.24, 2.45) is 51.2 Å². The number of hydrogen-bond donors (Lipinski definition) is 1. The van der Waals surface area contributed by atoms with Gasteiger partial charge in [0.2, 0.25) is 5.91 Å². The lowest BCUT2D eigenvalue weighted by molar-refractivity contribution is -0.244. The number of esters is 1. The quantitative estimate of drug-likeness (QED) is 0.312. The summed E-state index contributed by atoms with van der Waals surface area (Å²) >= 11 is 0. The van der Waals surface area contributed by atoms with Crippen LogP contribution in [0.1, 0.15) is 126 Å². The highest BCUT2D eigenvalue weighted by Gasteiger charge is 2.80. The van der Waals surface area contributed by atoms with Crippen LogP contribution >= 0.6 is 0 Å². The minimum atomic E-state index is -1.11. The van der Waals surface area contributed by atoms with Gasteiger partial charge >= 0.3 is 5.97 Å². The molecule has 2 spiro atoms. The number of ether oxygens (including phenoxy) is 4. The van der Waals surface area contributed by atoms with Crippen LogP contribution in [0, 0.1) is 51.2 Å². The molecule has 0 aromatic heterocycles. The molecule has 7 fully saturated rings. The fourth-order valence-corrected chi connectivity index (χ4v) is 13.1. The van der Waals surface area contributed by atoms with E-state index in [1.54, 1.807) is 6.92 Å². The van der Waals surface area contributed by atoms with Crippen LogP contribution in [0.25, 0.3) is 0 Å². The molecule has 47 heavy (non-hydrogen) atoms. The number of morpholine rings is 1. The van der Waals surface area contributed by atoms with Crippen molar-refractivity contribution in [2.45, 2.75) is 162 Å². The van der Waals surface area contributed by atoms with E-state index in [4.69, 9.17) is 18.9 Å². The molecule has 2 aliphatic heterocycles. The van der Waals surface area contributed by atoms with Crippen molar-refractivity contribution in [1.29, 1.82) is 0 Å². The van der Waals surface area contributed by atoms with Gasteiger partial charge in [-0.25, -0.2) is 0 Å². The highest BCUT2D eigenvalue weighted by atomic mass is 16.7. The van der Waals surface area contributed by atoms with E-state index in [2.05, 4.69) is 20.8 Å². The monoisotopic (exact) mass is 657 g/mol. The van der Waals surface area contributed by atoms with Crippen molar-refractivity contribution < 1.29 is 33.6 Å². The predicted molar refractivity (Wildman–Crippen MR) is 178 cm³/mol. The topological polar surface area (TPSA) is 94.5 Å². The van der Waals surface area contributed by atoms with Crippen LogP contribution in [0.2, 0.25) is 0 Å². The first-order valence-electron chi connectivity index (χ1n) is 19.2. The number of aliphatic hydroxyl groups is 1. The van der Waals surface area contributed by atoms with Gasteiger partial charge in [-0.3, -0.25) is 9.59 Å². The molecule has 0 bridgehead atoms. The normalized spacial score (nSPS) is 47.0. The largest absolute Gasteiger partial charge is 0.457 e. The molecule has 5 aliphatic carbocycles. The van der Waals surface area contributed by atoms with Gasteiger partial charge in [0.25, 0.3) is 0 Å². The molecule has 7 rings (SSSR count). The summed E-state index contributed by atoms with van der Waals surface area (Å²) in [5.74, 6) is 2.44. The Morgan fingerprint density at radius 3 is 2.45 bits per heavy atom. The third-order valence-corrected chi connectivity index (χ3v) is 15.7. The number of hydrogen-bond acceptors (Lipinski definition) is 7. The molecule has 2 saturated heterocycles. The zero-order valence-electron chi connectivity index (χ0n) is 30.5. The zero-order chi connectivity index (χ0) is 33.7. The van der Waals surface area contributed by atoms with E-state index in [1.165, 1.54) is 45.4 Å². The first kappa shape index (κ1) is 34.2. The van der Waals surface area contributed by atoms with Gasteiger partial charge in [0.1, 0.15) is 5.60 Å². The molecule has 1 N–H and O–H groups in total. The SMILES string of the molecule is CCC(C)(O)[C@@H](OC(C)=O)C1CCC2C(CC3C4CCC5C(C)(C)[C@@H](OC6CN(C(=O)C(C)C)CCO6)CCC56CC46CCC23C)O1. The zero-order valence-corrected chi connectivity index (χ0v) is 30.5. The van der Waals surface area contributed by atoms with Crippen LogP contribution in [0.15, 0.2) is 0 Å². The molecular weight excluding hydrogens is 594 g/mol. The Labute approximate surface area is 283 Å². The fraction of sp³-hybridized carbons (Fsp3) is 0.949. The van der Waals surface area contributed by atoms with Crippen molar-refractivity contribution in [3.8, 4) is 0 Å². The maximum absolute atomic E-state index is 12.7. The number of nitrogens with zero attached hydrogens (tertiary/aromatic N) is 1. The summed E-state index contributed by atoms with van der Waals surface area (Å²) < 4.78 is 25.6. The highest BCUT2D eigenvalue weighted by Crippen LogP contribution is 2.87. The van der Waals surface area contributed by atoms with Crippen LogP contribution < -0.4 is 0 Å². The Kier molecular flexibility index (Phi) is 8.50. The summed E-state index contributed by atoms with van der Waals surface area (Å²) in [6.45, 7) is 18.3. The van der Waals surface area contributed by atoms with Gasteiger partial charge in [-0.15, -0.1) is 0 Å². The van der Waals surface area contributed by atoms with E-state index in [9.17, 15) is 14.7 Å². The number of rotatable bonds is 7. The molecule has 13 atom stereocenters. The maximum Gasteiger partial charge on any atom is 0.303 e. The molecule has 11 unspecified atom stereocenters. The summed E-state index contributed by atoms with van der Waals surface area (Å²) in [4.78, 5) is 26.7. The van der Waals surface area contributed by atoms with E-state index in [0.717, 1.165) is 31.6 Å². The Hall–Kier alpha value is -1.22. The van der Waals surface area contributed by atoms with Crippen LogP contribution in [-0.4, -0.2) is 77.9 Å². The van der Waals surface area contributed by atoms with E-state index in [1.807, 2.05) is 25.7 Å². The predicted octanol–water partition coefficient (Wildman–Crippen LogP) is 6.51. The highest BCUT2D eigenvalue weighted by molar-refractivity contribution is 5.78. The minimum Gasteiger partial charge on any atom is -0.457 e. The van der Waals surface area contributed by atoms with Crippen LogP contribution in [-0.2, 0) is 28.5 Å². The van der Waals surface area contributed by atoms with Crippen molar-refractivity contribution >= 4 is 11.9 Å². The fourth-order valence-electron chi connectivity index (χ4n) is 13.1. The van der Waals surface area contributed by atoms with Gasteiger partial charge in [-0.2, -0.15) is 0 Å². The van der Waals surface area contributed by atoms with Gasteiger partial charge in [-0.05, 0) is 123 Å². The molecule has 0 radical (unpaired) electrons. The lowest BCUT2D eigenvalue weighted by atomic mass is 9.46. The molecule has 2 heterocycles. The first-order chi connectivity index (χ1) is 22.1. The second-order valence-electron chi connectivity index (χ2n) is 18.4. The minimum absolute atomic E-state index is 0.00908. The summed E-state index contributed by atoms with van der Waals surface area (Å²) in [7, 11) is 0. The standard InChI is InChI=1S/C39H63NO7/c1-9-37(8,43)33(45-24(4)41)28-12-10-26-29(46-28)20-27-25-11-13-30-35(5,6)31(47-32-21-40(18-19-44-32)34(42)23(2)3)14-15-39(30)22-38(25,39)17-16-36(26,27)7/h23,25-33,43H,9-22H2,1-8H3/t25?,26?,27?,28?,29?,30?,31-,32?,33-,36?,37?,38?,39?/m0/s1. The van der Waals surface area contributed by atoms with Gasteiger partial charge in [0, 0.05) is 19.4 Å². The third kappa shape index (κ3) is 5.18. The van der Waals surface area contributed by atoms with Crippen molar-refractivity contribution in [1.82, 2.24) is 4.90 Å². The molecule has 1 amide bonds. The molecule has 5 saturated carbocycles. The van der Waals surface area contributed by atoms with Crippen LogP contribution in [0.3, 0.4) is 0 Å². The van der Waals surface area contributed by atoms with E-state index >= 15 is 0 Å². The second-order valence-corrected chi connectivity index (χ2v) is 18.4. The Morgan fingerprint density at radius 1 is 1.00 bits per heavy atom. The second kappa shape index (κ2) is 11.7. The average Bonchev–Trinajstić information content (AvgIpc) is 3.60. The smallest absolute Gasteiger partial charge is 0.303 e. The van der Waals surface area contributed by atoms with Gasteiger partial charge in [0.05, 0.1) is 31.5 Å². The molecular formula is C39H63NO7. The molecule has 8 nitrogen and oxygen atoms in total. The summed E-state index contributed by atoms with van der Waals surface area (Å²) in [5, 5.41) is 11.2.